The predicted octanol–water partition coefficient (Wildman–Crippen LogP) is 3.42. The highest BCUT2D eigenvalue weighted by atomic mass is 16.6. The normalized spacial score (nSPS) is 11.5. The average Bonchev–Trinajstić information content (AvgIpc) is 2.63. The van der Waals surface area contributed by atoms with Crippen molar-refractivity contribution in [3.05, 3.63) is 69.3 Å². The van der Waals surface area contributed by atoms with Gasteiger partial charge in [0.15, 0.2) is 0 Å². The zero-order chi connectivity index (χ0) is 19.4. The van der Waals surface area contributed by atoms with Crippen LogP contribution in [0.4, 0.5) is 11.4 Å². The second-order valence-corrected chi connectivity index (χ2v) is 5.89. The van der Waals surface area contributed by atoms with Gasteiger partial charge in [0.05, 0.1) is 17.7 Å². The van der Waals surface area contributed by atoms with E-state index in [0.717, 1.165) is 11.1 Å². The monoisotopic (exact) mass is 356 g/mol. The predicted molar refractivity (Wildman–Crippen MR) is 97.3 cm³/mol. The number of nitro benzene ring substituents is 1. The van der Waals surface area contributed by atoms with Crippen LogP contribution >= 0.6 is 0 Å². The maximum Gasteiger partial charge on any atom is 0.328 e. The Morgan fingerprint density at radius 1 is 1.08 bits per heavy atom. The lowest BCUT2D eigenvalue weighted by molar-refractivity contribution is -0.385. The molecule has 0 spiro atoms. The highest BCUT2D eigenvalue weighted by molar-refractivity contribution is 6.12. The molecule has 0 saturated heterocycles. The number of hydrogen-bond donors (Lipinski definition) is 0. The molecular weight excluding hydrogens is 336 g/mol. The number of nitro groups is 1. The first-order valence-corrected chi connectivity index (χ1v) is 8.00. The fourth-order valence-corrected chi connectivity index (χ4v) is 2.88. The summed E-state index contributed by atoms with van der Waals surface area (Å²) in [5, 5.41) is 11.3. The average molecular weight is 356 g/mol. The van der Waals surface area contributed by atoms with Gasteiger partial charge in [0, 0.05) is 6.07 Å². The molecular formula is C19H20N2O5. The van der Waals surface area contributed by atoms with Crippen molar-refractivity contribution in [3.63, 3.8) is 0 Å². The highest BCUT2D eigenvalue weighted by Gasteiger charge is 2.33. The molecule has 0 radical (unpaired) electrons. The van der Waals surface area contributed by atoms with Gasteiger partial charge in [-0.1, -0.05) is 30.3 Å². The molecule has 2 aromatic rings. The van der Waals surface area contributed by atoms with E-state index in [1.165, 1.54) is 37.1 Å². The van der Waals surface area contributed by atoms with Crippen LogP contribution < -0.4 is 4.90 Å². The van der Waals surface area contributed by atoms with Gasteiger partial charge in [0.2, 0.25) is 0 Å². The number of ether oxygens (including phenoxy) is 1. The number of rotatable bonds is 5. The van der Waals surface area contributed by atoms with Crippen LogP contribution in [-0.2, 0) is 9.53 Å². The summed E-state index contributed by atoms with van der Waals surface area (Å²) in [6.45, 7) is 5.16. The second-order valence-electron chi connectivity index (χ2n) is 5.89. The molecule has 1 atom stereocenters. The molecule has 2 aromatic carbocycles. The van der Waals surface area contributed by atoms with E-state index >= 15 is 0 Å². The van der Waals surface area contributed by atoms with Crippen LogP contribution in [0.1, 0.15) is 28.4 Å². The Hall–Kier alpha value is -3.22. The van der Waals surface area contributed by atoms with E-state index < -0.39 is 22.8 Å². The minimum atomic E-state index is -0.952. The van der Waals surface area contributed by atoms with E-state index in [0.29, 0.717) is 5.69 Å². The number of carbonyl (C=O) groups is 2. The fraction of sp³-hybridized carbons (Fsp3) is 0.263. The number of anilines is 1. The molecule has 0 aliphatic carbocycles. The number of nitrogens with zero attached hydrogens (tertiary/aromatic N) is 2. The lowest BCUT2D eigenvalue weighted by atomic mass is 10.0. The molecule has 0 heterocycles. The maximum atomic E-state index is 13.3. The van der Waals surface area contributed by atoms with E-state index in [9.17, 15) is 19.7 Å². The molecule has 0 fully saturated rings. The minimum Gasteiger partial charge on any atom is -0.467 e. The third-order valence-electron chi connectivity index (χ3n) is 4.16. The molecule has 26 heavy (non-hydrogen) atoms. The number of para-hydroxylation sites is 2. The number of aryl methyl sites for hydroxylation is 2. The molecule has 1 amide bonds. The van der Waals surface area contributed by atoms with Crippen LogP contribution in [0.5, 0.6) is 0 Å². The largest absolute Gasteiger partial charge is 0.467 e. The molecule has 0 aliphatic heterocycles. The van der Waals surface area contributed by atoms with Gasteiger partial charge in [-0.3, -0.25) is 19.8 Å². The third-order valence-corrected chi connectivity index (χ3v) is 4.16. The number of benzene rings is 2. The summed E-state index contributed by atoms with van der Waals surface area (Å²) < 4.78 is 4.79. The second kappa shape index (κ2) is 7.77. The maximum absolute atomic E-state index is 13.3. The lowest BCUT2D eigenvalue weighted by Crippen LogP contribution is -2.45. The van der Waals surface area contributed by atoms with Crippen LogP contribution in [0.15, 0.2) is 42.5 Å². The first-order chi connectivity index (χ1) is 12.3. The first-order valence-electron chi connectivity index (χ1n) is 8.00. The van der Waals surface area contributed by atoms with Gasteiger partial charge in [-0.15, -0.1) is 0 Å². The van der Waals surface area contributed by atoms with Gasteiger partial charge in [-0.2, -0.15) is 0 Å². The Morgan fingerprint density at radius 3 is 2.19 bits per heavy atom. The van der Waals surface area contributed by atoms with Crippen molar-refractivity contribution in [2.75, 3.05) is 12.0 Å². The van der Waals surface area contributed by atoms with Crippen molar-refractivity contribution in [1.82, 2.24) is 0 Å². The van der Waals surface area contributed by atoms with E-state index in [1.54, 1.807) is 6.07 Å². The zero-order valence-corrected chi connectivity index (χ0v) is 15.1. The van der Waals surface area contributed by atoms with E-state index in [-0.39, 0.29) is 11.3 Å². The summed E-state index contributed by atoms with van der Waals surface area (Å²) >= 11 is 0. The van der Waals surface area contributed by atoms with E-state index in [1.807, 2.05) is 32.0 Å². The van der Waals surface area contributed by atoms with E-state index in [4.69, 9.17) is 4.74 Å². The fourth-order valence-electron chi connectivity index (χ4n) is 2.88. The Kier molecular flexibility index (Phi) is 5.71. The van der Waals surface area contributed by atoms with Crippen molar-refractivity contribution in [2.45, 2.75) is 26.8 Å². The Bertz CT molecular complexity index is 843. The molecule has 7 nitrogen and oxygen atoms in total. The van der Waals surface area contributed by atoms with Crippen molar-refractivity contribution >= 4 is 23.3 Å². The summed E-state index contributed by atoms with van der Waals surface area (Å²) in [6, 6.07) is 10.2. The van der Waals surface area contributed by atoms with Crippen molar-refractivity contribution in [2.24, 2.45) is 0 Å². The van der Waals surface area contributed by atoms with E-state index in [2.05, 4.69) is 0 Å². The first kappa shape index (κ1) is 19.1. The van der Waals surface area contributed by atoms with Gasteiger partial charge >= 0.3 is 5.97 Å². The Balaban J connectivity index is 2.68. The molecule has 136 valence electrons. The number of esters is 1. The standard InChI is InChI=1S/C19H20N2O5/c1-12-8-7-9-13(2)17(12)20(14(3)19(23)26-4)18(22)15-10-5-6-11-16(15)21(24)25/h5-11,14H,1-4H3/t14-/m0/s1. The summed E-state index contributed by atoms with van der Waals surface area (Å²) in [6.07, 6.45) is 0. The summed E-state index contributed by atoms with van der Waals surface area (Å²) in [7, 11) is 1.23. The van der Waals surface area contributed by atoms with Gasteiger partial charge in [-0.25, -0.2) is 4.79 Å². The molecule has 0 aliphatic rings. The Morgan fingerprint density at radius 2 is 1.65 bits per heavy atom. The third kappa shape index (κ3) is 3.56. The molecule has 0 unspecified atom stereocenters. The summed E-state index contributed by atoms with van der Waals surface area (Å²) in [5.74, 6) is -1.24. The number of amides is 1. The molecule has 7 heteroatoms. The molecule has 0 saturated carbocycles. The quantitative estimate of drug-likeness (QED) is 0.465. The topological polar surface area (TPSA) is 89.8 Å². The SMILES string of the molecule is COC(=O)[C@H](C)N(C(=O)c1ccccc1[N+](=O)[O-])c1c(C)cccc1C. The highest BCUT2D eigenvalue weighted by Crippen LogP contribution is 2.30. The van der Waals surface area contributed by atoms with Gasteiger partial charge in [-0.05, 0) is 38.0 Å². The van der Waals surface area contributed by atoms with Crippen LogP contribution in [0, 0.1) is 24.0 Å². The number of methoxy groups -OCH3 is 1. The van der Waals surface area contributed by atoms with Gasteiger partial charge in [0.1, 0.15) is 11.6 Å². The van der Waals surface area contributed by atoms with Crippen molar-refractivity contribution in [1.29, 1.82) is 0 Å². The molecule has 0 N–H and O–H groups in total. The summed E-state index contributed by atoms with van der Waals surface area (Å²) in [5.41, 5.74) is 1.68. The number of hydrogen-bond acceptors (Lipinski definition) is 5. The zero-order valence-electron chi connectivity index (χ0n) is 15.1. The molecule has 2 rings (SSSR count). The van der Waals surface area contributed by atoms with Crippen LogP contribution in [0.2, 0.25) is 0 Å². The van der Waals surface area contributed by atoms with Crippen molar-refractivity contribution in [3.8, 4) is 0 Å². The lowest BCUT2D eigenvalue weighted by Gasteiger charge is -2.30. The van der Waals surface area contributed by atoms with Crippen molar-refractivity contribution < 1.29 is 19.2 Å². The van der Waals surface area contributed by atoms with Crippen LogP contribution in [0.3, 0.4) is 0 Å². The van der Waals surface area contributed by atoms with Gasteiger partial charge in [0.25, 0.3) is 11.6 Å². The molecule has 0 bridgehead atoms. The molecule has 0 aromatic heterocycles. The minimum absolute atomic E-state index is 0.0871. The summed E-state index contributed by atoms with van der Waals surface area (Å²) in [4.78, 5) is 37.4. The van der Waals surface area contributed by atoms with Crippen LogP contribution in [-0.4, -0.2) is 30.0 Å². The van der Waals surface area contributed by atoms with Crippen LogP contribution in [0.25, 0.3) is 0 Å². The number of carbonyl (C=O) groups excluding carboxylic acids is 2. The Labute approximate surface area is 151 Å². The smallest absolute Gasteiger partial charge is 0.328 e. The van der Waals surface area contributed by atoms with Gasteiger partial charge < -0.3 is 4.74 Å².